The molecule has 16 heteroatoms. The number of hydrogen-bond acceptors (Lipinski definition) is 13. The third-order valence-corrected chi connectivity index (χ3v) is 17.9. The van der Waals surface area contributed by atoms with Gasteiger partial charge >= 0.3 is 29.8 Å². The minimum atomic E-state index is -1.60. The molecular weight excluding hydrogens is 881 g/mol. The zero-order valence-electron chi connectivity index (χ0n) is 40.1. The van der Waals surface area contributed by atoms with Crippen LogP contribution in [0, 0.1) is 64.1 Å². The summed E-state index contributed by atoms with van der Waals surface area (Å²) in [6.07, 6.45) is 10.7. The lowest BCUT2D eigenvalue weighted by Gasteiger charge is -2.71. The van der Waals surface area contributed by atoms with Gasteiger partial charge in [-0.15, -0.1) is 0 Å². The maximum atomic E-state index is 12.9. The number of ether oxygens (including phenoxy) is 3. The van der Waals surface area contributed by atoms with Crippen molar-refractivity contribution in [2.24, 2.45) is 50.2 Å². The van der Waals surface area contributed by atoms with Gasteiger partial charge in [0.1, 0.15) is 34.6 Å². The number of phenolic OH excluding ortho intramolecular Hbond substituents is 1. The summed E-state index contributed by atoms with van der Waals surface area (Å²) in [6.45, 7) is 18.2. The molecule has 0 aromatic heterocycles. The lowest BCUT2D eigenvalue weighted by Crippen LogP contribution is -2.67. The number of aromatic carboxylic acids is 1. The zero-order chi connectivity index (χ0) is 50.4. The molecule has 4 saturated carbocycles. The minimum absolute atomic E-state index is 0.0218. The van der Waals surface area contributed by atoms with Crippen molar-refractivity contribution < 1.29 is 78.7 Å². The number of carboxylic acid groups (broad SMARTS) is 3. The van der Waals surface area contributed by atoms with Gasteiger partial charge < -0.3 is 50.0 Å². The van der Waals surface area contributed by atoms with E-state index in [-0.39, 0.29) is 67.8 Å². The molecule has 1 heterocycles. The van der Waals surface area contributed by atoms with Crippen LogP contribution in [0.25, 0.3) is 0 Å². The average molecular weight is 945 g/mol. The van der Waals surface area contributed by atoms with E-state index in [0.29, 0.717) is 36.8 Å². The Balaban J connectivity index is 0.000000201. The second-order valence-corrected chi connectivity index (χ2v) is 22.2. The Morgan fingerprint density at radius 2 is 1.50 bits per heavy atom. The van der Waals surface area contributed by atoms with Gasteiger partial charge in [0.15, 0.2) is 23.5 Å². The minimum Gasteiger partial charge on any atom is -0.507 e. The Kier molecular flexibility index (Phi) is 12.6. The summed E-state index contributed by atoms with van der Waals surface area (Å²) in [4.78, 5) is 71.4. The average Bonchev–Trinajstić information content (AvgIpc) is 3.38. The molecule has 6 aliphatic rings. The topological polar surface area (TPSA) is 272 Å². The molecule has 9 unspecified atom stereocenters. The van der Waals surface area contributed by atoms with E-state index >= 15 is 0 Å². The molecule has 368 valence electrons. The number of aromatic hydroxyl groups is 2. The van der Waals surface area contributed by atoms with E-state index in [2.05, 4.69) is 54.5 Å². The molecule has 5 aliphatic carbocycles. The van der Waals surface area contributed by atoms with Crippen LogP contribution in [0.1, 0.15) is 154 Å². The Morgan fingerprint density at radius 3 is 2.12 bits per heavy atom. The number of aryl methyl sites for hydroxylation is 1. The summed E-state index contributed by atoms with van der Waals surface area (Å²) in [6, 6.07) is 1.13. The monoisotopic (exact) mass is 944 g/mol. The highest BCUT2D eigenvalue weighted by Gasteiger charge is 2.71. The first-order valence-electron chi connectivity index (χ1n) is 23.2. The van der Waals surface area contributed by atoms with Crippen molar-refractivity contribution >= 4 is 36.1 Å². The van der Waals surface area contributed by atoms with E-state index in [1.807, 2.05) is 0 Å². The molecule has 7 N–H and O–H groups in total. The summed E-state index contributed by atoms with van der Waals surface area (Å²) in [5.74, 6) is -7.82. The van der Waals surface area contributed by atoms with Gasteiger partial charge in [0.05, 0.1) is 23.3 Å². The van der Waals surface area contributed by atoms with Crippen LogP contribution in [0.4, 0.5) is 0 Å². The number of aldehydes is 1. The van der Waals surface area contributed by atoms with Gasteiger partial charge in [0, 0.05) is 17.7 Å². The van der Waals surface area contributed by atoms with Crippen LogP contribution in [0.5, 0.6) is 28.7 Å². The first-order chi connectivity index (χ1) is 31.5. The Morgan fingerprint density at radius 1 is 0.824 bits per heavy atom. The fraction of sp³-hybridized carbons (Fsp3) is 0.577. The quantitative estimate of drug-likeness (QED) is 0.0451. The van der Waals surface area contributed by atoms with Crippen LogP contribution in [-0.4, -0.2) is 84.1 Å². The van der Waals surface area contributed by atoms with Crippen LogP contribution < -0.4 is 9.47 Å². The van der Waals surface area contributed by atoms with Crippen LogP contribution in [0.15, 0.2) is 29.9 Å². The fourth-order valence-electron chi connectivity index (χ4n) is 14.0. The van der Waals surface area contributed by atoms with Crippen LogP contribution in [0.2, 0.25) is 0 Å². The number of hydrogen-bond donors (Lipinski definition) is 7. The fourth-order valence-corrected chi connectivity index (χ4v) is 14.0. The van der Waals surface area contributed by atoms with Crippen LogP contribution in [0.3, 0.4) is 0 Å². The van der Waals surface area contributed by atoms with Gasteiger partial charge in [-0.1, -0.05) is 60.1 Å². The van der Waals surface area contributed by atoms with Gasteiger partial charge in [-0.05, 0) is 128 Å². The molecule has 0 bridgehead atoms. The smallest absolute Gasteiger partial charge is 0.347 e. The second kappa shape index (κ2) is 17.0. The third kappa shape index (κ3) is 7.56. The molecule has 8 rings (SSSR count). The maximum absolute atomic E-state index is 12.9. The van der Waals surface area contributed by atoms with E-state index in [4.69, 9.17) is 19.3 Å². The predicted octanol–water partition coefficient (Wildman–Crippen LogP) is 8.44. The van der Waals surface area contributed by atoms with E-state index < -0.39 is 87.7 Å². The van der Waals surface area contributed by atoms with Gasteiger partial charge in [-0.2, -0.15) is 0 Å². The largest absolute Gasteiger partial charge is 0.507 e. The Hall–Kier alpha value is -5.74. The zero-order valence-corrected chi connectivity index (χ0v) is 40.1. The van der Waals surface area contributed by atoms with E-state index in [0.717, 1.165) is 51.0 Å². The van der Waals surface area contributed by atoms with Crippen molar-refractivity contribution in [2.45, 2.75) is 139 Å². The molecule has 0 radical (unpaired) electrons. The van der Waals surface area contributed by atoms with Crippen LogP contribution in [-0.2, 0) is 25.7 Å². The summed E-state index contributed by atoms with van der Waals surface area (Å²) in [5.41, 5.74) is -1.51. The molecule has 4 fully saturated rings. The highest BCUT2D eigenvalue weighted by Crippen LogP contribution is 2.75. The lowest BCUT2D eigenvalue weighted by molar-refractivity contribution is -0.218. The number of aliphatic hydroxyl groups is 2. The van der Waals surface area contributed by atoms with Gasteiger partial charge in [0.2, 0.25) is 0 Å². The van der Waals surface area contributed by atoms with Crippen molar-refractivity contribution in [3.05, 3.63) is 63.2 Å². The number of aliphatic carboxylic acids is 2. The van der Waals surface area contributed by atoms with Crippen molar-refractivity contribution in [3.63, 3.8) is 0 Å². The first kappa shape index (κ1) is 50.1. The van der Waals surface area contributed by atoms with Crippen molar-refractivity contribution in [1.29, 1.82) is 0 Å². The first-order valence-corrected chi connectivity index (χ1v) is 23.2. The molecule has 2 aromatic carbocycles. The highest BCUT2D eigenvalue weighted by atomic mass is 16.6. The summed E-state index contributed by atoms with van der Waals surface area (Å²) in [5, 5.41) is 72.0. The highest BCUT2D eigenvalue weighted by molar-refractivity contribution is 6.03. The number of carbonyl (C=O) groups is 6. The molecule has 9 atom stereocenters. The van der Waals surface area contributed by atoms with Crippen molar-refractivity contribution in [2.75, 3.05) is 0 Å². The van der Waals surface area contributed by atoms with Gasteiger partial charge in [-0.3, -0.25) is 9.59 Å². The number of esters is 2. The number of carbonyl (C=O) groups excluding carboxylic acids is 3. The van der Waals surface area contributed by atoms with E-state index in [1.54, 1.807) is 0 Å². The molecule has 0 amide bonds. The van der Waals surface area contributed by atoms with Gasteiger partial charge in [0.25, 0.3) is 0 Å². The third-order valence-electron chi connectivity index (χ3n) is 17.9. The normalized spacial score (nSPS) is 32.8. The number of aliphatic hydroxyl groups excluding tert-OH is 2. The number of carboxylic acids is 3. The number of allylic oxidation sites excluding steroid dienone is 2. The second-order valence-electron chi connectivity index (χ2n) is 22.2. The molecule has 0 saturated heterocycles. The Labute approximate surface area is 395 Å². The van der Waals surface area contributed by atoms with Crippen LogP contribution >= 0.6 is 0 Å². The number of rotatable bonds is 7. The van der Waals surface area contributed by atoms with E-state index in [1.165, 1.54) is 19.4 Å². The predicted molar refractivity (Wildman–Crippen MR) is 244 cm³/mol. The number of fused-ring (bicyclic) bond motifs is 9. The molecular formula is C52H64O16. The molecule has 68 heavy (non-hydrogen) atoms. The summed E-state index contributed by atoms with van der Waals surface area (Å²) < 4.78 is 15.9. The maximum Gasteiger partial charge on any atom is 0.347 e. The number of phenols is 2. The summed E-state index contributed by atoms with van der Waals surface area (Å²) in [7, 11) is 0. The van der Waals surface area contributed by atoms with Gasteiger partial charge in [-0.25, -0.2) is 19.2 Å². The molecule has 2 aromatic rings. The standard InChI is InChI=1S/C30H48O4.C22H16O12/c1-25(2)14-15-30(24(33)34)19(16-25)18-8-9-21-27(5)12-11-22(31)26(3,4)20(27)10-13-28(21,6)29(18,7)17-23(30)32;1-8-5-12(24)10(6-23)19-15(8)22(31)34-20-11(7-32-14(27)4-3-13(25)26)17(28)16(21(29)30)9(2)18(20)33-19/h8,19-23,31-32H,9-17H2,1-7H3,(H,33,34);3-6,24,28H,7H2,1-2H3,(H,25,26)(H,29,30). The lowest BCUT2D eigenvalue weighted by atomic mass is 9.33. The van der Waals surface area contributed by atoms with Crippen molar-refractivity contribution in [3.8, 4) is 28.7 Å². The summed E-state index contributed by atoms with van der Waals surface area (Å²) >= 11 is 0. The SMILES string of the molecule is CC1(C)CCC2(C(=O)O)C(O)CC3(C)C(=CCC4C5(C)CCC(O)C(C)(C)C5CCC43C)C2C1.Cc1cc(O)c(C=O)c2c1C(=O)Oc1c(COC(=O)C=CC(=O)O)c(O)c(C(=O)O)c(C)c1O2. The van der Waals surface area contributed by atoms with E-state index in [9.17, 15) is 59.4 Å². The number of benzene rings is 2. The molecule has 0 spiro atoms. The van der Waals surface area contributed by atoms with Crippen molar-refractivity contribution in [1.82, 2.24) is 0 Å². The Bertz CT molecular complexity index is 2570. The molecule has 1 aliphatic heterocycles. The molecule has 16 nitrogen and oxygen atoms in total.